The van der Waals surface area contributed by atoms with Crippen LogP contribution in [0.5, 0.6) is 5.75 Å². The van der Waals surface area contributed by atoms with Crippen LogP contribution in [0.3, 0.4) is 0 Å². The van der Waals surface area contributed by atoms with Crippen molar-refractivity contribution in [2.75, 3.05) is 27.9 Å². The molecule has 0 aliphatic carbocycles. The van der Waals surface area contributed by atoms with Crippen LogP contribution in [0, 0.1) is 11.8 Å². The third-order valence-electron chi connectivity index (χ3n) is 2.76. The molecule has 0 saturated carbocycles. The average Bonchev–Trinajstić information content (AvgIpc) is 2.91. The molecule has 0 aliphatic heterocycles. The van der Waals surface area contributed by atoms with E-state index in [1.165, 1.54) is 0 Å². The monoisotopic (exact) mass is 287 g/mol. The van der Waals surface area contributed by atoms with Crippen molar-refractivity contribution >= 4 is 0 Å². The van der Waals surface area contributed by atoms with Gasteiger partial charge < -0.3 is 14.2 Å². The molecule has 110 valence electrons. The fourth-order valence-corrected chi connectivity index (χ4v) is 1.77. The molecule has 0 radical (unpaired) electrons. The number of rotatable bonds is 5. The SMILES string of the molecule is COCC#Cc1c(COC)nnn1-c1ccc(OC)cc1. The predicted octanol–water partition coefficient (Wildman–Crippen LogP) is 1.42. The van der Waals surface area contributed by atoms with E-state index in [1.54, 1.807) is 26.0 Å². The Hall–Kier alpha value is -2.36. The van der Waals surface area contributed by atoms with Gasteiger partial charge in [-0.15, -0.1) is 5.10 Å². The highest BCUT2D eigenvalue weighted by molar-refractivity contribution is 5.42. The summed E-state index contributed by atoms with van der Waals surface area (Å²) in [6.07, 6.45) is 0. The van der Waals surface area contributed by atoms with Crippen LogP contribution in [0.1, 0.15) is 11.4 Å². The van der Waals surface area contributed by atoms with Crippen molar-refractivity contribution in [3.05, 3.63) is 35.7 Å². The Morgan fingerprint density at radius 1 is 1.10 bits per heavy atom. The zero-order chi connectivity index (χ0) is 15.1. The Morgan fingerprint density at radius 3 is 2.48 bits per heavy atom. The van der Waals surface area contributed by atoms with E-state index in [2.05, 4.69) is 22.2 Å². The summed E-state index contributed by atoms with van der Waals surface area (Å²) >= 11 is 0. The maximum Gasteiger partial charge on any atom is 0.143 e. The van der Waals surface area contributed by atoms with E-state index in [4.69, 9.17) is 14.2 Å². The van der Waals surface area contributed by atoms with E-state index in [0.29, 0.717) is 24.6 Å². The van der Waals surface area contributed by atoms with Crippen LogP contribution in [-0.4, -0.2) is 42.9 Å². The van der Waals surface area contributed by atoms with Crippen molar-refractivity contribution in [3.8, 4) is 23.3 Å². The molecule has 21 heavy (non-hydrogen) atoms. The van der Waals surface area contributed by atoms with Gasteiger partial charge in [0.25, 0.3) is 0 Å². The van der Waals surface area contributed by atoms with Crippen LogP contribution in [0.2, 0.25) is 0 Å². The summed E-state index contributed by atoms with van der Waals surface area (Å²) in [5, 5.41) is 8.26. The summed E-state index contributed by atoms with van der Waals surface area (Å²) < 4.78 is 16.9. The van der Waals surface area contributed by atoms with Crippen molar-refractivity contribution in [2.24, 2.45) is 0 Å². The lowest BCUT2D eigenvalue weighted by Gasteiger charge is -2.04. The molecule has 6 nitrogen and oxygen atoms in total. The Bertz CT molecular complexity index is 638. The van der Waals surface area contributed by atoms with Crippen molar-refractivity contribution in [1.29, 1.82) is 0 Å². The Labute approximate surface area is 123 Å². The molecule has 0 fully saturated rings. The molecule has 0 atom stereocenters. The van der Waals surface area contributed by atoms with Crippen LogP contribution in [0.15, 0.2) is 24.3 Å². The van der Waals surface area contributed by atoms with E-state index in [-0.39, 0.29) is 0 Å². The first-order valence-corrected chi connectivity index (χ1v) is 6.36. The van der Waals surface area contributed by atoms with Crippen molar-refractivity contribution in [2.45, 2.75) is 6.61 Å². The molecule has 6 heteroatoms. The highest BCUT2D eigenvalue weighted by Crippen LogP contribution is 2.17. The zero-order valence-electron chi connectivity index (χ0n) is 12.3. The van der Waals surface area contributed by atoms with Gasteiger partial charge in [-0.05, 0) is 30.2 Å². The first kappa shape index (κ1) is 15.0. The zero-order valence-corrected chi connectivity index (χ0v) is 12.3. The molecule has 2 aromatic rings. The van der Waals surface area contributed by atoms with Gasteiger partial charge in [-0.3, -0.25) is 0 Å². The van der Waals surface area contributed by atoms with Gasteiger partial charge in [0, 0.05) is 14.2 Å². The first-order valence-electron chi connectivity index (χ1n) is 6.36. The van der Waals surface area contributed by atoms with Gasteiger partial charge in [-0.1, -0.05) is 11.1 Å². The molecule has 0 N–H and O–H groups in total. The van der Waals surface area contributed by atoms with E-state index < -0.39 is 0 Å². The normalized spacial score (nSPS) is 10.0. The van der Waals surface area contributed by atoms with Crippen LogP contribution in [0.25, 0.3) is 5.69 Å². The molecule has 1 aromatic carbocycles. The van der Waals surface area contributed by atoms with Crippen LogP contribution >= 0.6 is 0 Å². The minimum Gasteiger partial charge on any atom is -0.497 e. The topological polar surface area (TPSA) is 58.4 Å². The summed E-state index contributed by atoms with van der Waals surface area (Å²) in [5.74, 6) is 6.72. The van der Waals surface area contributed by atoms with Gasteiger partial charge in [0.1, 0.15) is 23.7 Å². The molecule has 0 aliphatic rings. The van der Waals surface area contributed by atoms with E-state index in [0.717, 1.165) is 11.4 Å². The summed E-state index contributed by atoms with van der Waals surface area (Å²) in [4.78, 5) is 0. The molecule has 1 heterocycles. The Balaban J connectivity index is 2.39. The quantitative estimate of drug-likeness (QED) is 0.778. The van der Waals surface area contributed by atoms with Gasteiger partial charge >= 0.3 is 0 Å². The number of nitrogens with zero attached hydrogens (tertiary/aromatic N) is 3. The van der Waals surface area contributed by atoms with Crippen LogP contribution in [-0.2, 0) is 16.1 Å². The van der Waals surface area contributed by atoms with Crippen molar-refractivity contribution in [1.82, 2.24) is 15.0 Å². The third-order valence-corrected chi connectivity index (χ3v) is 2.76. The summed E-state index contributed by atoms with van der Waals surface area (Å²) in [6, 6.07) is 7.51. The molecule has 2 rings (SSSR count). The minimum absolute atomic E-state index is 0.347. The largest absolute Gasteiger partial charge is 0.497 e. The van der Waals surface area contributed by atoms with Gasteiger partial charge in [0.05, 0.1) is 19.4 Å². The van der Waals surface area contributed by atoms with Gasteiger partial charge in [-0.25, -0.2) is 4.68 Å². The molecular weight excluding hydrogens is 270 g/mol. The lowest BCUT2D eigenvalue weighted by molar-refractivity contribution is 0.181. The molecule has 0 bridgehead atoms. The summed E-state index contributed by atoms with van der Waals surface area (Å²) in [7, 11) is 4.84. The van der Waals surface area contributed by atoms with E-state index >= 15 is 0 Å². The number of methoxy groups -OCH3 is 3. The van der Waals surface area contributed by atoms with E-state index in [9.17, 15) is 0 Å². The standard InChI is InChI=1S/C15H17N3O3/c1-19-10-4-5-15-14(11-20-2)16-17-18(15)12-6-8-13(21-3)9-7-12/h6-9H,10-11H2,1-3H3. The molecule has 0 saturated heterocycles. The average molecular weight is 287 g/mol. The van der Waals surface area contributed by atoms with Crippen LogP contribution in [0.4, 0.5) is 0 Å². The van der Waals surface area contributed by atoms with Crippen molar-refractivity contribution < 1.29 is 14.2 Å². The molecule has 0 unspecified atom stereocenters. The Kier molecular flexibility index (Phi) is 5.32. The smallest absolute Gasteiger partial charge is 0.143 e. The highest BCUT2D eigenvalue weighted by atomic mass is 16.5. The second-order valence-corrected chi connectivity index (χ2v) is 4.16. The maximum absolute atomic E-state index is 5.15. The summed E-state index contributed by atoms with van der Waals surface area (Å²) in [6.45, 7) is 0.702. The third kappa shape index (κ3) is 3.60. The number of benzene rings is 1. The summed E-state index contributed by atoms with van der Waals surface area (Å²) in [5.41, 5.74) is 2.24. The van der Waals surface area contributed by atoms with Gasteiger partial charge in [0.15, 0.2) is 0 Å². The fourth-order valence-electron chi connectivity index (χ4n) is 1.77. The number of hydrogen-bond donors (Lipinski definition) is 0. The second-order valence-electron chi connectivity index (χ2n) is 4.16. The molecule has 0 spiro atoms. The van der Waals surface area contributed by atoms with Crippen LogP contribution < -0.4 is 4.74 Å². The van der Waals surface area contributed by atoms with Crippen molar-refractivity contribution in [3.63, 3.8) is 0 Å². The molecular formula is C15H17N3O3. The predicted molar refractivity (Wildman–Crippen MR) is 77.4 cm³/mol. The first-order chi connectivity index (χ1) is 10.3. The second kappa shape index (κ2) is 7.43. The minimum atomic E-state index is 0.347. The lowest BCUT2D eigenvalue weighted by atomic mass is 10.2. The number of hydrogen-bond acceptors (Lipinski definition) is 5. The lowest BCUT2D eigenvalue weighted by Crippen LogP contribution is -2.01. The van der Waals surface area contributed by atoms with Gasteiger partial charge in [0.2, 0.25) is 0 Å². The van der Waals surface area contributed by atoms with Gasteiger partial charge in [-0.2, -0.15) is 0 Å². The number of ether oxygens (including phenoxy) is 3. The molecule has 1 aromatic heterocycles. The fraction of sp³-hybridized carbons (Fsp3) is 0.333. The Morgan fingerprint density at radius 2 is 1.86 bits per heavy atom. The number of aromatic nitrogens is 3. The highest BCUT2D eigenvalue weighted by Gasteiger charge is 2.12. The van der Waals surface area contributed by atoms with E-state index in [1.807, 2.05) is 24.3 Å². The molecule has 0 amide bonds. The maximum atomic E-state index is 5.15.